The second-order valence-corrected chi connectivity index (χ2v) is 6.98. The first-order valence-electron chi connectivity index (χ1n) is 9.01. The lowest BCUT2D eigenvalue weighted by Gasteiger charge is -2.26. The third-order valence-corrected chi connectivity index (χ3v) is 5.40. The van der Waals surface area contributed by atoms with Crippen LogP contribution in [0, 0.1) is 0 Å². The van der Waals surface area contributed by atoms with Crippen LogP contribution in [0.4, 0.5) is 0 Å². The number of aliphatic hydroxyl groups is 1. The fourth-order valence-corrected chi connectivity index (χ4v) is 4.27. The van der Waals surface area contributed by atoms with E-state index >= 15 is 0 Å². The average Bonchev–Trinajstić information content (AvgIpc) is 2.90. The SMILES string of the molecule is OC(Cn1c2c(c3ccccc31)CCCC2)C[NH+]1CCOCC1. The first-order valence-corrected chi connectivity index (χ1v) is 9.01. The summed E-state index contributed by atoms with van der Waals surface area (Å²) in [7, 11) is 0. The molecule has 1 aromatic carbocycles. The number of para-hydroxylation sites is 1. The van der Waals surface area contributed by atoms with Crippen molar-refractivity contribution in [3.63, 3.8) is 0 Å². The average molecular weight is 315 g/mol. The first kappa shape index (κ1) is 15.2. The summed E-state index contributed by atoms with van der Waals surface area (Å²) in [4.78, 5) is 1.47. The highest BCUT2D eigenvalue weighted by Crippen LogP contribution is 2.32. The van der Waals surface area contributed by atoms with Crippen molar-refractivity contribution in [2.24, 2.45) is 0 Å². The van der Waals surface area contributed by atoms with Gasteiger partial charge in [0.05, 0.1) is 19.8 Å². The van der Waals surface area contributed by atoms with E-state index in [0.717, 1.165) is 45.8 Å². The maximum Gasteiger partial charge on any atom is 0.121 e. The van der Waals surface area contributed by atoms with E-state index in [2.05, 4.69) is 28.8 Å². The number of nitrogens with one attached hydrogen (secondary N) is 1. The smallest absolute Gasteiger partial charge is 0.121 e. The highest BCUT2D eigenvalue weighted by molar-refractivity contribution is 5.85. The maximum atomic E-state index is 10.7. The Hall–Kier alpha value is -1.36. The molecule has 2 heterocycles. The van der Waals surface area contributed by atoms with Crippen LogP contribution >= 0.6 is 0 Å². The number of ether oxygens (including phenoxy) is 1. The molecule has 0 radical (unpaired) electrons. The summed E-state index contributed by atoms with van der Waals surface area (Å²) in [5, 5.41) is 12.0. The summed E-state index contributed by atoms with van der Waals surface area (Å²) in [6, 6.07) is 8.71. The molecule has 4 nitrogen and oxygen atoms in total. The summed E-state index contributed by atoms with van der Waals surface area (Å²) >= 11 is 0. The topological polar surface area (TPSA) is 38.8 Å². The molecule has 0 bridgehead atoms. The summed E-state index contributed by atoms with van der Waals surface area (Å²) in [5.41, 5.74) is 4.29. The van der Waals surface area contributed by atoms with E-state index in [1.165, 1.54) is 46.3 Å². The fraction of sp³-hybridized carbons (Fsp3) is 0.579. The van der Waals surface area contributed by atoms with Gasteiger partial charge in [-0.1, -0.05) is 18.2 Å². The van der Waals surface area contributed by atoms with Crippen LogP contribution in [0.5, 0.6) is 0 Å². The van der Waals surface area contributed by atoms with Gasteiger partial charge in [-0.05, 0) is 37.3 Å². The molecule has 0 amide bonds. The first-order chi connectivity index (χ1) is 11.3. The van der Waals surface area contributed by atoms with Crippen LogP contribution in [0.25, 0.3) is 10.9 Å². The second-order valence-electron chi connectivity index (χ2n) is 6.98. The Labute approximate surface area is 137 Å². The number of rotatable bonds is 4. The Morgan fingerprint density at radius 3 is 2.78 bits per heavy atom. The molecule has 1 atom stereocenters. The molecule has 0 spiro atoms. The minimum absolute atomic E-state index is 0.287. The van der Waals surface area contributed by atoms with Gasteiger partial charge < -0.3 is 19.3 Å². The molecule has 1 fully saturated rings. The zero-order chi connectivity index (χ0) is 15.6. The van der Waals surface area contributed by atoms with Crippen LogP contribution < -0.4 is 4.90 Å². The number of hydrogen-bond acceptors (Lipinski definition) is 2. The standard InChI is InChI=1S/C19H26N2O2/c22-15(13-20-9-11-23-12-10-20)14-21-18-7-3-1-5-16(18)17-6-2-4-8-19(17)21/h1,3,5,7,15,22H,2,4,6,8-14H2/p+1. The van der Waals surface area contributed by atoms with Gasteiger partial charge in [0.25, 0.3) is 0 Å². The van der Waals surface area contributed by atoms with Crippen molar-refractivity contribution in [3.8, 4) is 0 Å². The minimum Gasteiger partial charge on any atom is -0.385 e. The van der Waals surface area contributed by atoms with E-state index in [0.29, 0.717) is 0 Å². The molecule has 23 heavy (non-hydrogen) atoms. The number of nitrogens with zero attached hydrogens (tertiary/aromatic N) is 1. The van der Waals surface area contributed by atoms with E-state index < -0.39 is 0 Å². The minimum atomic E-state index is -0.287. The molecule has 1 aliphatic carbocycles. The Balaban J connectivity index is 1.58. The number of aliphatic hydroxyl groups excluding tert-OH is 1. The van der Waals surface area contributed by atoms with Gasteiger partial charge >= 0.3 is 0 Å². The van der Waals surface area contributed by atoms with Crippen molar-refractivity contribution in [2.45, 2.75) is 38.3 Å². The van der Waals surface area contributed by atoms with Crippen molar-refractivity contribution in [1.82, 2.24) is 4.57 Å². The molecule has 1 unspecified atom stereocenters. The van der Waals surface area contributed by atoms with E-state index in [4.69, 9.17) is 4.74 Å². The number of benzene rings is 1. The molecule has 2 N–H and O–H groups in total. The van der Waals surface area contributed by atoms with Gasteiger partial charge in [0.15, 0.2) is 0 Å². The lowest BCUT2D eigenvalue weighted by molar-refractivity contribution is -0.911. The molecule has 2 aromatic rings. The number of morpholine rings is 1. The van der Waals surface area contributed by atoms with Gasteiger partial charge in [-0.2, -0.15) is 0 Å². The van der Waals surface area contributed by atoms with Crippen LogP contribution in [0.15, 0.2) is 24.3 Å². The van der Waals surface area contributed by atoms with E-state index in [1.54, 1.807) is 0 Å². The molecule has 1 saturated heterocycles. The number of aryl methyl sites for hydroxylation is 1. The van der Waals surface area contributed by atoms with Gasteiger partial charge in [0.1, 0.15) is 25.7 Å². The molecule has 124 valence electrons. The van der Waals surface area contributed by atoms with Crippen molar-refractivity contribution in [1.29, 1.82) is 0 Å². The van der Waals surface area contributed by atoms with Crippen molar-refractivity contribution in [2.75, 3.05) is 32.8 Å². The van der Waals surface area contributed by atoms with Gasteiger partial charge in [-0.25, -0.2) is 0 Å². The third-order valence-electron chi connectivity index (χ3n) is 5.40. The fourth-order valence-electron chi connectivity index (χ4n) is 4.27. The Kier molecular flexibility index (Phi) is 4.38. The predicted molar refractivity (Wildman–Crippen MR) is 91.0 cm³/mol. The van der Waals surface area contributed by atoms with E-state index in [1.807, 2.05) is 0 Å². The summed E-state index contributed by atoms with van der Waals surface area (Å²) in [5.74, 6) is 0. The molecule has 2 aliphatic rings. The number of fused-ring (bicyclic) bond motifs is 3. The number of quaternary nitrogens is 1. The Morgan fingerprint density at radius 2 is 1.91 bits per heavy atom. The van der Waals surface area contributed by atoms with Crippen LogP contribution in [0.3, 0.4) is 0 Å². The molecule has 4 rings (SSSR count). The highest BCUT2D eigenvalue weighted by Gasteiger charge is 2.23. The van der Waals surface area contributed by atoms with Crippen molar-refractivity contribution in [3.05, 3.63) is 35.5 Å². The monoisotopic (exact) mass is 315 g/mol. The molecular weight excluding hydrogens is 288 g/mol. The number of hydrogen-bond donors (Lipinski definition) is 2. The maximum absolute atomic E-state index is 10.7. The van der Waals surface area contributed by atoms with Crippen LogP contribution in [-0.4, -0.2) is 48.6 Å². The largest absolute Gasteiger partial charge is 0.385 e. The quantitative estimate of drug-likeness (QED) is 0.876. The highest BCUT2D eigenvalue weighted by atomic mass is 16.5. The molecule has 0 saturated carbocycles. The van der Waals surface area contributed by atoms with Crippen LogP contribution in [-0.2, 0) is 24.1 Å². The molecular formula is C19H27N2O2+. The molecule has 1 aromatic heterocycles. The Bertz CT molecular complexity index is 673. The second kappa shape index (κ2) is 6.63. The lowest BCUT2D eigenvalue weighted by atomic mass is 9.95. The summed E-state index contributed by atoms with van der Waals surface area (Å²) in [6.45, 7) is 5.22. The van der Waals surface area contributed by atoms with Crippen molar-refractivity contribution < 1.29 is 14.7 Å². The van der Waals surface area contributed by atoms with Gasteiger partial charge in [0.2, 0.25) is 0 Å². The van der Waals surface area contributed by atoms with Crippen molar-refractivity contribution >= 4 is 10.9 Å². The third kappa shape index (κ3) is 3.03. The molecule has 1 aliphatic heterocycles. The lowest BCUT2D eigenvalue weighted by Crippen LogP contribution is -3.15. The molecule has 4 heteroatoms. The van der Waals surface area contributed by atoms with Crippen LogP contribution in [0.1, 0.15) is 24.1 Å². The zero-order valence-corrected chi connectivity index (χ0v) is 13.8. The van der Waals surface area contributed by atoms with Crippen LogP contribution in [0.2, 0.25) is 0 Å². The van der Waals surface area contributed by atoms with E-state index in [9.17, 15) is 5.11 Å². The van der Waals surface area contributed by atoms with Gasteiger partial charge in [-0.15, -0.1) is 0 Å². The summed E-state index contributed by atoms with van der Waals surface area (Å²) in [6.07, 6.45) is 4.62. The predicted octanol–water partition coefficient (Wildman–Crippen LogP) is 0.796. The normalized spacial score (nSPS) is 20.6. The number of aromatic nitrogens is 1. The Morgan fingerprint density at radius 1 is 1.13 bits per heavy atom. The van der Waals surface area contributed by atoms with Gasteiger partial charge in [0, 0.05) is 16.6 Å². The zero-order valence-electron chi connectivity index (χ0n) is 13.8. The van der Waals surface area contributed by atoms with Gasteiger partial charge in [-0.3, -0.25) is 0 Å². The van der Waals surface area contributed by atoms with E-state index in [-0.39, 0.29) is 6.10 Å². The summed E-state index contributed by atoms with van der Waals surface area (Å²) < 4.78 is 7.81.